The predicted molar refractivity (Wildman–Crippen MR) is 145 cm³/mol. The summed E-state index contributed by atoms with van der Waals surface area (Å²) in [6.45, 7) is 12.0. The molecule has 11 nitrogen and oxygen atoms in total. The Bertz CT molecular complexity index is 1380. The van der Waals surface area contributed by atoms with Crippen LogP contribution in [0.2, 0.25) is 0 Å². The summed E-state index contributed by atoms with van der Waals surface area (Å²) in [4.78, 5) is 40.8. The monoisotopic (exact) mass is 521 g/mol. The maximum atomic E-state index is 13.4. The van der Waals surface area contributed by atoms with Crippen molar-refractivity contribution in [1.29, 1.82) is 0 Å². The molecule has 0 saturated carbocycles. The first kappa shape index (κ1) is 25.6. The van der Waals surface area contributed by atoms with Crippen LogP contribution >= 0.6 is 0 Å². The second-order valence-electron chi connectivity index (χ2n) is 10.8. The molecule has 1 N–H and O–H groups in total. The normalized spacial score (nSPS) is 17.5. The van der Waals surface area contributed by atoms with Crippen LogP contribution in [0.1, 0.15) is 39.0 Å². The van der Waals surface area contributed by atoms with Crippen molar-refractivity contribution in [3.63, 3.8) is 0 Å². The lowest BCUT2D eigenvalue weighted by Crippen LogP contribution is -2.55. The highest BCUT2D eigenvalue weighted by atomic mass is 16.6. The Kier molecular flexibility index (Phi) is 6.54. The van der Waals surface area contributed by atoms with Gasteiger partial charge in [-0.2, -0.15) is 0 Å². The molecule has 3 amide bonds. The summed E-state index contributed by atoms with van der Waals surface area (Å²) in [7, 11) is 1.57. The molecule has 0 bridgehead atoms. The highest BCUT2D eigenvalue weighted by molar-refractivity contribution is 6.03. The number of amides is 3. The second-order valence-corrected chi connectivity index (χ2v) is 10.8. The van der Waals surface area contributed by atoms with Gasteiger partial charge in [-0.05, 0) is 47.1 Å². The van der Waals surface area contributed by atoms with E-state index < -0.39 is 5.60 Å². The zero-order chi connectivity index (χ0) is 27.2. The number of carbonyl (C=O) groups excluding carboxylic acids is 2. The number of urea groups is 1. The number of anilines is 3. The second kappa shape index (κ2) is 9.70. The standard InChI is InChI=1S/C27H35N7O4/c1-17-14-32-16-20(22(37-6)13-23(32)29-17)30-25(35)34-10-8-19-21(7-9-28-24(19)34)31-11-12-33(18(2)15-31)26(36)38-27(3,4)5/h7,9,13-14,16,18H,8,10-12,15H2,1-6H3,(H,30,35)/t18-/m1/s1. The molecule has 1 saturated heterocycles. The number of carbonyl (C=O) groups is 2. The first-order valence-electron chi connectivity index (χ1n) is 12.9. The van der Waals surface area contributed by atoms with Crippen molar-refractivity contribution >= 4 is 35.0 Å². The van der Waals surface area contributed by atoms with Crippen LogP contribution in [-0.2, 0) is 11.2 Å². The summed E-state index contributed by atoms with van der Waals surface area (Å²) in [6, 6.07) is 3.51. The van der Waals surface area contributed by atoms with Gasteiger partial charge in [0.15, 0.2) is 0 Å². The smallest absolute Gasteiger partial charge is 0.410 e. The number of aryl methyl sites for hydroxylation is 1. The summed E-state index contributed by atoms with van der Waals surface area (Å²) in [5.41, 5.74) is 3.73. The molecule has 5 heterocycles. The van der Waals surface area contributed by atoms with Gasteiger partial charge in [-0.1, -0.05) is 0 Å². The first-order chi connectivity index (χ1) is 18.0. The number of fused-ring (bicyclic) bond motifs is 2. The molecule has 0 radical (unpaired) electrons. The summed E-state index contributed by atoms with van der Waals surface area (Å²) in [5, 5.41) is 2.99. The molecular weight excluding hydrogens is 486 g/mol. The summed E-state index contributed by atoms with van der Waals surface area (Å²) in [5.74, 6) is 1.19. The van der Waals surface area contributed by atoms with Gasteiger partial charge in [-0.15, -0.1) is 0 Å². The van der Waals surface area contributed by atoms with Gasteiger partial charge in [0.2, 0.25) is 0 Å². The third-order valence-electron chi connectivity index (χ3n) is 6.83. The molecule has 0 spiro atoms. The van der Waals surface area contributed by atoms with Gasteiger partial charge in [0, 0.05) is 68.1 Å². The number of hydrogen-bond acceptors (Lipinski definition) is 7. The van der Waals surface area contributed by atoms with Crippen LogP contribution in [-0.4, -0.2) is 76.3 Å². The van der Waals surface area contributed by atoms with E-state index in [9.17, 15) is 9.59 Å². The number of imidazole rings is 1. The van der Waals surface area contributed by atoms with Crippen LogP contribution in [0.3, 0.4) is 0 Å². The van der Waals surface area contributed by atoms with E-state index in [1.54, 1.807) is 35.4 Å². The van der Waals surface area contributed by atoms with Crippen molar-refractivity contribution in [3.8, 4) is 5.75 Å². The quantitative estimate of drug-likeness (QED) is 0.554. The van der Waals surface area contributed by atoms with E-state index in [0.29, 0.717) is 49.9 Å². The van der Waals surface area contributed by atoms with Gasteiger partial charge < -0.3 is 29.0 Å². The van der Waals surface area contributed by atoms with E-state index in [-0.39, 0.29) is 18.2 Å². The maximum absolute atomic E-state index is 13.4. The Balaban J connectivity index is 1.32. The molecule has 5 rings (SSSR count). The molecule has 3 aromatic rings. The predicted octanol–water partition coefficient (Wildman–Crippen LogP) is 4.09. The van der Waals surface area contributed by atoms with Crippen LogP contribution in [0, 0.1) is 6.92 Å². The zero-order valence-corrected chi connectivity index (χ0v) is 22.8. The Morgan fingerprint density at radius 2 is 1.95 bits per heavy atom. The molecule has 202 valence electrons. The molecule has 3 aromatic heterocycles. The minimum absolute atomic E-state index is 0.0163. The number of piperazine rings is 1. The Morgan fingerprint density at radius 3 is 2.66 bits per heavy atom. The van der Waals surface area contributed by atoms with Gasteiger partial charge in [-0.3, -0.25) is 4.90 Å². The molecule has 0 aromatic carbocycles. The third kappa shape index (κ3) is 4.92. The van der Waals surface area contributed by atoms with Crippen LogP contribution in [0.4, 0.5) is 26.8 Å². The minimum atomic E-state index is -0.530. The minimum Gasteiger partial charge on any atom is -0.494 e. The molecule has 38 heavy (non-hydrogen) atoms. The summed E-state index contributed by atoms with van der Waals surface area (Å²) < 4.78 is 13.0. The van der Waals surface area contributed by atoms with E-state index in [1.807, 2.05) is 51.3 Å². The van der Waals surface area contributed by atoms with Crippen LogP contribution in [0.25, 0.3) is 5.65 Å². The molecular formula is C27H35N7O4. The van der Waals surface area contributed by atoms with E-state index in [0.717, 1.165) is 22.6 Å². The third-order valence-corrected chi connectivity index (χ3v) is 6.83. The van der Waals surface area contributed by atoms with E-state index >= 15 is 0 Å². The number of ether oxygens (including phenoxy) is 2. The number of methoxy groups -OCH3 is 1. The fourth-order valence-electron chi connectivity index (χ4n) is 5.12. The van der Waals surface area contributed by atoms with Crippen molar-refractivity contribution in [2.75, 3.05) is 48.4 Å². The van der Waals surface area contributed by atoms with Gasteiger partial charge in [0.25, 0.3) is 0 Å². The summed E-state index contributed by atoms with van der Waals surface area (Å²) >= 11 is 0. The molecule has 0 aliphatic carbocycles. The van der Waals surface area contributed by atoms with E-state index in [1.165, 1.54) is 0 Å². The lowest BCUT2D eigenvalue weighted by molar-refractivity contribution is 0.0159. The topological polar surface area (TPSA) is 105 Å². The molecule has 1 atom stereocenters. The highest BCUT2D eigenvalue weighted by Crippen LogP contribution is 2.36. The van der Waals surface area contributed by atoms with Gasteiger partial charge in [0.1, 0.15) is 28.5 Å². The largest absolute Gasteiger partial charge is 0.494 e. The number of aromatic nitrogens is 3. The Hall–Kier alpha value is -4.02. The highest BCUT2D eigenvalue weighted by Gasteiger charge is 2.34. The number of rotatable bonds is 3. The molecule has 2 aliphatic heterocycles. The van der Waals surface area contributed by atoms with E-state index in [2.05, 4.69) is 20.2 Å². The van der Waals surface area contributed by atoms with Crippen molar-refractivity contribution in [3.05, 3.63) is 42.0 Å². The Morgan fingerprint density at radius 1 is 1.16 bits per heavy atom. The number of nitrogens with one attached hydrogen (secondary N) is 1. The maximum Gasteiger partial charge on any atom is 0.410 e. The van der Waals surface area contributed by atoms with Crippen molar-refractivity contribution < 1.29 is 19.1 Å². The average Bonchev–Trinajstić information content (AvgIpc) is 3.44. The fraction of sp³-hybridized carbons (Fsp3) is 0.481. The number of hydrogen-bond donors (Lipinski definition) is 1. The number of pyridine rings is 2. The van der Waals surface area contributed by atoms with Gasteiger partial charge >= 0.3 is 12.1 Å². The van der Waals surface area contributed by atoms with Gasteiger partial charge in [-0.25, -0.2) is 19.6 Å². The van der Waals surface area contributed by atoms with Crippen molar-refractivity contribution in [2.45, 2.75) is 52.7 Å². The fourth-order valence-corrected chi connectivity index (χ4v) is 5.12. The zero-order valence-electron chi connectivity index (χ0n) is 22.8. The Labute approximate surface area is 222 Å². The van der Waals surface area contributed by atoms with Crippen LogP contribution < -0.4 is 19.9 Å². The molecule has 2 aliphatic rings. The SMILES string of the molecule is COc1cc2nc(C)cn2cc1NC(=O)N1CCc2c(N3CCN(C(=O)OC(C)(C)C)[C@H](C)C3)ccnc21. The van der Waals surface area contributed by atoms with Crippen molar-refractivity contribution in [2.24, 2.45) is 0 Å². The molecule has 1 fully saturated rings. The lowest BCUT2D eigenvalue weighted by atomic mass is 10.1. The lowest BCUT2D eigenvalue weighted by Gasteiger charge is -2.41. The van der Waals surface area contributed by atoms with Crippen LogP contribution in [0.15, 0.2) is 30.7 Å². The van der Waals surface area contributed by atoms with E-state index in [4.69, 9.17) is 9.47 Å². The first-order valence-corrected chi connectivity index (χ1v) is 12.9. The number of nitrogens with zero attached hydrogens (tertiary/aromatic N) is 6. The van der Waals surface area contributed by atoms with Gasteiger partial charge in [0.05, 0.1) is 12.8 Å². The average molecular weight is 522 g/mol. The summed E-state index contributed by atoms with van der Waals surface area (Å²) in [6.07, 6.45) is 5.85. The van der Waals surface area contributed by atoms with Crippen molar-refractivity contribution in [1.82, 2.24) is 19.3 Å². The molecule has 11 heteroatoms. The van der Waals surface area contributed by atoms with Crippen LogP contribution in [0.5, 0.6) is 5.75 Å². The molecule has 0 unspecified atom stereocenters.